The first-order chi connectivity index (χ1) is 6.93. The third-order valence-electron chi connectivity index (χ3n) is 2.25. The first kappa shape index (κ1) is 13.9. The summed E-state index contributed by atoms with van der Waals surface area (Å²) in [5.41, 5.74) is 5.23. The van der Waals surface area contributed by atoms with Crippen LogP contribution in [-0.4, -0.2) is 31.1 Å². The van der Waals surface area contributed by atoms with E-state index in [9.17, 15) is 9.59 Å². The van der Waals surface area contributed by atoms with Crippen molar-refractivity contribution in [3.63, 3.8) is 0 Å². The van der Waals surface area contributed by atoms with Gasteiger partial charge in [-0.15, -0.1) is 0 Å². The Morgan fingerprint density at radius 2 is 1.93 bits per heavy atom. The van der Waals surface area contributed by atoms with Crippen molar-refractivity contribution in [2.24, 2.45) is 11.7 Å². The van der Waals surface area contributed by atoms with Crippen LogP contribution >= 0.6 is 0 Å². The molecule has 5 nitrogen and oxygen atoms in total. The van der Waals surface area contributed by atoms with Gasteiger partial charge in [0.25, 0.3) is 0 Å². The lowest BCUT2D eigenvalue weighted by atomic mass is 10.0. The summed E-state index contributed by atoms with van der Waals surface area (Å²) in [7, 11) is 1.32. The number of nitrogens with one attached hydrogen (secondary N) is 1. The molecule has 0 aliphatic carbocycles. The van der Waals surface area contributed by atoms with Crippen LogP contribution in [0.15, 0.2) is 0 Å². The van der Waals surface area contributed by atoms with Gasteiger partial charge in [-0.2, -0.15) is 0 Å². The Balaban J connectivity index is 4.49. The molecular weight excluding hydrogens is 196 g/mol. The summed E-state index contributed by atoms with van der Waals surface area (Å²) in [6.07, 6.45) is 0.559. The van der Waals surface area contributed by atoms with Crippen molar-refractivity contribution in [1.29, 1.82) is 0 Å². The van der Waals surface area contributed by atoms with Gasteiger partial charge >= 0.3 is 5.97 Å². The average molecular weight is 216 g/mol. The number of esters is 1. The summed E-state index contributed by atoms with van der Waals surface area (Å²) in [5, 5.41) is 2.90. The van der Waals surface area contributed by atoms with Crippen molar-refractivity contribution in [3.8, 4) is 0 Å². The number of nitrogens with two attached hydrogens (primary N) is 1. The molecule has 15 heavy (non-hydrogen) atoms. The number of carbonyl (C=O) groups is 2. The summed E-state index contributed by atoms with van der Waals surface area (Å²) >= 11 is 0. The van der Waals surface area contributed by atoms with Crippen LogP contribution in [0.25, 0.3) is 0 Å². The molecule has 0 unspecified atom stereocenters. The molecule has 0 rings (SSSR count). The summed E-state index contributed by atoms with van der Waals surface area (Å²) in [5.74, 6) is -0.780. The van der Waals surface area contributed by atoms with Crippen LogP contribution in [0.1, 0.15) is 27.2 Å². The standard InChI is InChI=1S/C10H20N2O3/c1-5-7(10(14)15-4)12-8(6(2)3)9(11)13/h6-8,12H,5H2,1-4H3,(H2,11,13)/t7-,8-/m0/s1. The van der Waals surface area contributed by atoms with E-state index in [0.717, 1.165) is 0 Å². The fraction of sp³-hybridized carbons (Fsp3) is 0.800. The van der Waals surface area contributed by atoms with Crippen LogP contribution in [0, 0.1) is 5.92 Å². The molecule has 0 aromatic heterocycles. The second-order valence-electron chi connectivity index (χ2n) is 3.77. The Labute approximate surface area is 90.4 Å². The fourth-order valence-corrected chi connectivity index (χ4v) is 1.31. The molecule has 0 saturated heterocycles. The first-order valence-corrected chi connectivity index (χ1v) is 5.07. The lowest BCUT2D eigenvalue weighted by Gasteiger charge is -2.23. The van der Waals surface area contributed by atoms with E-state index in [2.05, 4.69) is 10.1 Å². The molecule has 0 radical (unpaired) electrons. The monoisotopic (exact) mass is 216 g/mol. The molecule has 0 aliphatic heterocycles. The van der Waals surface area contributed by atoms with E-state index in [1.165, 1.54) is 7.11 Å². The van der Waals surface area contributed by atoms with E-state index in [1.807, 2.05) is 20.8 Å². The third-order valence-corrected chi connectivity index (χ3v) is 2.25. The number of methoxy groups -OCH3 is 1. The molecule has 0 fully saturated rings. The maximum absolute atomic E-state index is 11.3. The van der Waals surface area contributed by atoms with Crippen LogP contribution in [0.2, 0.25) is 0 Å². The van der Waals surface area contributed by atoms with Gasteiger partial charge in [0, 0.05) is 0 Å². The number of carbonyl (C=O) groups excluding carboxylic acids is 2. The predicted octanol–water partition coefficient (Wildman–Crippen LogP) is 0.0375. The predicted molar refractivity (Wildman–Crippen MR) is 57.1 cm³/mol. The molecule has 2 atom stereocenters. The maximum atomic E-state index is 11.3. The molecule has 1 amide bonds. The zero-order chi connectivity index (χ0) is 12.0. The number of primary amides is 1. The van der Waals surface area contributed by atoms with Gasteiger partial charge in [-0.25, -0.2) is 0 Å². The minimum Gasteiger partial charge on any atom is -0.468 e. The van der Waals surface area contributed by atoms with Gasteiger partial charge in [-0.3, -0.25) is 14.9 Å². The fourth-order valence-electron chi connectivity index (χ4n) is 1.31. The van der Waals surface area contributed by atoms with Crippen molar-refractivity contribution in [1.82, 2.24) is 5.32 Å². The van der Waals surface area contributed by atoms with Gasteiger partial charge in [0.15, 0.2) is 0 Å². The van der Waals surface area contributed by atoms with Gasteiger partial charge < -0.3 is 10.5 Å². The Hall–Kier alpha value is -1.10. The lowest BCUT2D eigenvalue weighted by molar-refractivity contribution is -0.143. The molecule has 88 valence electrons. The van der Waals surface area contributed by atoms with Crippen molar-refractivity contribution in [2.75, 3.05) is 7.11 Å². The average Bonchev–Trinajstić information content (AvgIpc) is 2.17. The number of rotatable bonds is 6. The number of amides is 1. The minimum absolute atomic E-state index is 0.0428. The SMILES string of the molecule is CC[C@H](N[C@H](C(N)=O)C(C)C)C(=O)OC. The Kier molecular flexibility index (Phi) is 5.93. The Morgan fingerprint density at radius 3 is 2.20 bits per heavy atom. The van der Waals surface area contributed by atoms with E-state index in [1.54, 1.807) is 0 Å². The number of ether oxygens (including phenoxy) is 1. The highest BCUT2D eigenvalue weighted by molar-refractivity contribution is 5.82. The van der Waals surface area contributed by atoms with E-state index in [4.69, 9.17) is 5.73 Å². The van der Waals surface area contributed by atoms with Gasteiger partial charge in [0.2, 0.25) is 5.91 Å². The molecule has 0 bridgehead atoms. The van der Waals surface area contributed by atoms with E-state index >= 15 is 0 Å². The zero-order valence-corrected chi connectivity index (χ0v) is 9.74. The topological polar surface area (TPSA) is 81.4 Å². The number of hydrogen-bond acceptors (Lipinski definition) is 4. The molecular formula is C10H20N2O3. The number of hydrogen-bond donors (Lipinski definition) is 2. The molecule has 0 aliphatic rings. The highest BCUT2D eigenvalue weighted by atomic mass is 16.5. The summed E-state index contributed by atoms with van der Waals surface area (Å²) in [4.78, 5) is 22.4. The van der Waals surface area contributed by atoms with Crippen LogP contribution < -0.4 is 11.1 Å². The van der Waals surface area contributed by atoms with Gasteiger partial charge in [0.1, 0.15) is 6.04 Å². The Morgan fingerprint density at radius 1 is 1.40 bits per heavy atom. The normalized spacial score (nSPS) is 14.7. The van der Waals surface area contributed by atoms with Crippen molar-refractivity contribution >= 4 is 11.9 Å². The van der Waals surface area contributed by atoms with Crippen LogP contribution in [0.3, 0.4) is 0 Å². The highest BCUT2D eigenvalue weighted by Crippen LogP contribution is 2.04. The van der Waals surface area contributed by atoms with Gasteiger partial charge in [-0.05, 0) is 12.3 Å². The van der Waals surface area contributed by atoms with Crippen LogP contribution in [-0.2, 0) is 14.3 Å². The van der Waals surface area contributed by atoms with Crippen molar-refractivity contribution < 1.29 is 14.3 Å². The first-order valence-electron chi connectivity index (χ1n) is 5.07. The van der Waals surface area contributed by atoms with Gasteiger partial charge in [0.05, 0.1) is 13.2 Å². The summed E-state index contributed by atoms with van der Waals surface area (Å²) in [6.45, 7) is 5.58. The molecule has 0 aromatic rings. The van der Waals surface area contributed by atoms with Crippen molar-refractivity contribution in [2.45, 2.75) is 39.3 Å². The van der Waals surface area contributed by atoms with E-state index in [0.29, 0.717) is 6.42 Å². The maximum Gasteiger partial charge on any atom is 0.322 e. The third kappa shape index (κ3) is 4.29. The second-order valence-corrected chi connectivity index (χ2v) is 3.77. The molecule has 0 aromatic carbocycles. The van der Waals surface area contributed by atoms with E-state index in [-0.39, 0.29) is 11.9 Å². The lowest BCUT2D eigenvalue weighted by Crippen LogP contribution is -2.52. The minimum atomic E-state index is -0.506. The van der Waals surface area contributed by atoms with Crippen molar-refractivity contribution in [3.05, 3.63) is 0 Å². The smallest absolute Gasteiger partial charge is 0.322 e. The summed E-state index contributed by atoms with van der Waals surface area (Å²) < 4.78 is 4.61. The highest BCUT2D eigenvalue weighted by Gasteiger charge is 2.26. The second kappa shape index (κ2) is 6.40. The molecule has 0 saturated carbocycles. The zero-order valence-electron chi connectivity index (χ0n) is 9.74. The largest absolute Gasteiger partial charge is 0.468 e. The molecule has 0 heterocycles. The van der Waals surface area contributed by atoms with E-state index < -0.39 is 18.0 Å². The van der Waals surface area contributed by atoms with Crippen LogP contribution in [0.4, 0.5) is 0 Å². The molecule has 0 spiro atoms. The summed E-state index contributed by atoms with van der Waals surface area (Å²) in [6, 6.07) is -0.982. The quantitative estimate of drug-likeness (QED) is 0.614. The Bertz CT molecular complexity index is 229. The molecule has 5 heteroatoms. The van der Waals surface area contributed by atoms with Gasteiger partial charge in [-0.1, -0.05) is 20.8 Å². The van der Waals surface area contributed by atoms with Crippen LogP contribution in [0.5, 0.6) is 0 Å². The molecule has 3 N–H and O–H groups in total.